The van der Waals surface area contributed by atoms with E-state index in [1.807, 2.05) is 42.6 Å². The molecular formula is C21H19N3O. The van der Waals surface area contributed by atoms with Gasteiger partial charge in [0.25, 0.3) is 0 Å². The summed E-state index contributed by atoms with van der Waals surface area (Å²) in [5, 5.41) is 4.75. The molecule has 0 saturated heterocycles. The van der Waals surface area contributed by atoms with Crippen LogP contribution in [0.2, 0.25) is 0 Å². The molecule has 4 rings (SSSR count). The Morgan fingerprint density at radius 3 is 2.60 bits per heavy atom. The molecule has 0 radical (unpaired) electrons. The largest absolute Gasteiger partial charge is 0.495 e. The van der Waals surface area contributed by atoms with Crippen LogP contribution in [0.3, 0.4) is 0 Å². The first-order valence-electron chi connectivity index (χ1n) is 8.23. The number of para-hydroxylation sites is 2. The number of fused-ring (bicyclic) bond motifs is 1. The molecule has 0 fully saturated rings. The second-order valence-electron chi connectivity index (χ2n) is 5.83. The van der Waals surface area contributed by atoms with Gasteiger partial charge in [0.1, 0.15) is 11.4 Å². The van der Waals surface area contributed by atoms with Gasteiger partial charge >= 0.3 is 0 Å². The van der Waals surface area contributed by atoms with Crippen LogP contribution in [0.25, 0.3) is 11.0 Å². The Morgan fingerprint density at radius 2 is 1.76 bits per heavy atom. The molecule has 0 spiro atoms. The second kappa shape index (κ2) is 6.69. The van der Waals surface area contributed by atoms with Crippen molar-refractivity contribution in [2.75, 3.05) is 12.4 Å². The highest BCUT2D eigenvalue weighted by atomic mass is 16.5. The summed E-state index contributed by atoms with van der Waals surface area (Å²) >= 11 is 0. The summed E-state index contributed by atoms with van der Waals surface area (Å²) in [6.07, 6.45) is 3.82. The molecule has 4 nitrogen and oxygen atoms in total. The monoisotopic (exact) mass is 329 g/mol. The summed E-state index contributed by atoms with van der Waals surface area (Å²) in [6, 6.07) is 22.4. The van der Waals surface area contributed by atoms with Crippen molar-refractivity contribution in [3.05, 3.63) is 90.3 Å². The van der Waals surface area contributed by atoms with E-state index < -0.39 is 0 Å². The maximum atomic E-state index is 5.50. The average molecular weight is 329 g/mol. The highest BCUT2D eigenvalue weighted by Crippen LogP contribution is 2.34. The van der Waals surface area contributed by atoms with Crippen molar-refractivity contribution in [3.63, 3.8) is 0 Å². The molecule has 0 bridgehead atoms. The molecule has 4 heteroatoms. The van der Waals surface area contributed by atoms with Crippen LogP contribution >= 0.6 is 0 Å². The third-order valence-electron chi connectivity index (χ3n) is 4.33. The molecule has 0 aliphatic carbocycles. The molecule has 1 atom stereocenters. The number of aromatic amines is 1. The zero-order valence-electron chi connectivity index (χ0n) is 13.9. The summed E-state index contributed by atoms with van der Waals surface area (Å²) in [5.74, 6) is 0.821. The first kappa shape index (κ1) is 15.3. The second-order valence-corrected chi connectivity index (χ2v) is 5.83. The number of nitrogens with zero attached hydrogens (tertiary/aromatic N) is 1. The number of rotatable bonds is 5. The smallest absolute Gasteiger partial charge is 0.141 e. The first-order chi connectivity index (χ1) is 12.4. The standard InChI is InChI=1S/C21H19N3O/c1-25-19-12-6-5-11-18(19)24-20(15-8-3-2-4-9-15)17-14-23-21-16(17)10-7-13-22-21/h2-14,20,24H,1H3,(H,22,23). The van der Waals surface area contributed by atoms with Gasteiger partial charge in [-0.15, -0.1) is 0 Å². The van der Waals surface area contributed by atoms with Crippen molar-refractivity contribution in [1.29, 1.82) is 0 Å². The number of ether oxygens (including phenoxy) is 1. The zero-order chi connectivity index (χ0) is 17.1. The van der Waals surface area contributed by atoms with Gasteiger partial charge in [-0.3, -0.25) is 0 Å². The Bertz CT molecular complexity index is 979. The van der Waals surface area contributed by atoms with Crippen LogP contribution < -0.4 is 10.1 Å². The quantitative estimate of drug-likeness (QED) is 0.554. The molecule has 2 aromatic carbocycles. The summed E-state index contributed by atoms with van der Waals surface area (Å²) in [6.45, 7) is 0. The predicted octanol–water partition coefficient (Wildman–Crippen LogP) is 4.77. The van der Waals surface area contributed by atoms with Crippen molar-refractivity contribution >= 4 is 16.7 Å². The number of hydrogen-bond acceptors (Lipinski definition) is 3. The van der Waals surface area contributed by atoms with Crippen molar-refractivity contribution in [2.45, 2.75) is 6.04 Å². The summed E-state index contributed by atoms with van der Waals surface area (Å²) in [5.41, 5.74) is 4.18. The van der Waals surface area contributed by atoms with E-state index in [4.69, 9.17) is 4.74 Å². The number of aromatic nitrogens is 2. The summed E-state index contributed by atoms with van der Waals surface area (Å²) in [4.78, 5) is 7.68. The van der Waals surface area contributed by atoms with Gasteiger partial charge < -0.3 is 15.0 Å². The van der Waals surface area contributed by atoms with Gasteiger partial charge in [-0.2, -0.15) is 0 Å². The van der Waals surface area contributed by atoms with Crippen LogP contribution in [0.1, 0.15) is 17.2 Å². The summed E-state index contributed by atoms with van der Waals surface area (Å²) in [7, 11) is 1.69. The molecule has 1 unspecified atom stereocenters. The lowest BCUT2D eigenvalue weighted by Crippen LogP contribution is -2.12. The lowest BCUT2D eigenvalue weighted by molar-refractivity contribution is 0.416. The normalized spacial score (nSPS) is 12.0. The number of nitrogens with one attached hydrogen (secondary N) is 2. The van der Waals surface area contributed by atoms with E-state index in [0.29, 0.717) is 0 Å². The molecule has 2 N–H and O–H groups in total. The lowest BCUT2D eigenvalue weighted by Gasteiger charge is -2.21. The van der Waals surface area contributed by atoms with Crippen molar-refractivity contribution in [3.8, 4) is 5.75 Å². The molecule has 2 heterocycles. The van der Waals surface area contributed by atoms with Crippen LogP contribution in [0.15, 0.2) is 79.1 Å². The Morgan fingerprint density at radius 1 is 0.960 bits per heavy atom. The minimum absolute atomic E-state index is 0.0181. The SMILES string of the molecule is COc1ccccc1NC(c1ccccc1)c1c[nH]c2ncccc12. The van der Waals surface area contributed by atoms with Gasteiger partial charge in [0, 0.05) is 23.3 Å². The van der Waals surface area contributed by atoms with Crippen LogP contribution in [-0.4, -0.2) is 17.1 Å². The number of H-pyrrole nitrogens is 1. The highest BCUT2D eigenvalue weighted by Gasteiger charge is 2.19. The molecule has 4 aromatic rings. The third kappa shape index (κ3) is 2.94. The zero-order valence-corrected chi connectivity index (χ0v) is 13.9. The fourth-order valence-electron chi connectivity index (χ4n) is 3.12. The molecule has 25 heavy (non-hydrogen) atoms. The van der Waals surface area contributed by atoms with Crippen LogP contribution in [0, 0.1) is 0 Å². The number of benzene rings is 2. The molecule has 0 saturated carbocycles. The summed E-state index contributed by atoms with van der Waals surface area (Å²) < 4.78 is 5.50. The van der Waals surface area contributed by atoms with Crippen molar-refractivity contribution in [2.24, 2.45) is 0 Å². The molecular weight excluding hydrogens is 310 g/mol. The van der Waals surface area contributed by atoms with Gasteiger partial charge in [0.2, 0.25) is 0 Å². The first-order valence-corrected chi connectivity index (χ1v) is 8.23. The van der Waals surface area contributed by atoms with Gasteiger partial charge in [-0.05, 0) is 29.8 Å². The van der Waals surface area contributed by atoms with Crippen LogP contribution in [0.5, 0.6) is 5.75 Å². The average Bonchev–Trinajstić information content (AvgIpc) is 3.11. The molecule has 0 amide bonds. The molecule has 0 aliphatic heterocycles. The van der Waals surface area contributed by atoms with E-state index in [1.165, 1.54) is 5.56 Å². The number of hydrogen-bond donors (Lipinski definition) is 2. The fraction of sp³-hybridized carbons (Fsp3) is 0.0952. The molecule has 124 valence electrons. The minimum atomic E-state index is -0.0181. The van der Waals surface area contributed by atoms with E-state index in [-0.39, 0.29) is 6.04 Å². The number of methoxy groups -OCH3 is 1. The molecule has 0 aliphatic rings. The number of anilines is 1. The Labute approximate surface area is 146 Å². The van der Waals surface area contributed by atoms with E-state index in [9.17, 15) is 0 Å². The topological polar surface area (TPSA) is 49.9 Å². The van der Waals surface area contributed by atoms with Gasteiger partial charge in [-0.25, -0.2) is 4.98 Å². The van der Waals surface area contributed by atoms with Crippen molar-refractivity contribution < 1.29 is 4.74 Å². The Hall–Kier alpha value is -3.27. The van der Waals surface area contributed by atoms with E-state index >= 15 is 0 Å². The van der Waals surface area contributed by atoms with Gasteiger partial charge in [-0.1, -0.05) is 42.5 Å². The third-order valence-corrected chi connectivity index (χ3v) is 4.33. The van der Waals surface area contributed by atoms with E-state index in [1.54, 1.807) is 13.3 Å². The van der Waals surface area contributed by atoms with Crippen LogP contribution in [0.4, 0.5) is 5.69 Å². The van der Waals surface area contributed by atoms with Crippen LogP contribution in [-0.2, 0) is 0 Å². The molecule has 2 aromatic heterocycles. The lowest BCUT2D eigenvalue weighted by atomic mass is 9.98. The van der Waals surface area contributed by atoms with E-state index in [2.05, 4.69) is 45.6 Å². The predicted molar refractivity (Wildman–Crippen MR) is 101 cm³/mol. The number of pyridine rings is 1. The Kier molecular flexibility index (Phi) is 4.09. The minimum Gasteiger partial charge on any atom is -0.495 e. The van der Waals surface area contributed by atoms with Gasteiger partial charge in [0.05, 0.1) is 18.8 Å². The van der Waals surface area contributed by atoms with E-state index in [0.717, 1.165) is 28.0 Å². The fourth-order valence-corrected chi connectivity index (χ4v) is 3.12. The van der Waals surface area contributed by atoms with Crippen molar-refractivity contribution in [1.82, 2.24) is 9.97 Å². The maximum absolute atomic E-state index is 5.50. The van der Waals surface area contributed by atoms with Gasteiger partial charge in [0.15, 0.2) is 0 Å². The maximum Gasteiger partial charge on any atom is 0.141 e. The Balaban J connectivity index is 1.83. The highest BCUT2D eigenvalue weighted by molar-refractivity contribution is 5.81.